The van der Waals surface area contributed by atoms with Crippen LogP contribution in [0.25, 0.3) is 0 Å². The molecule has 0 spiro atoms. The van der Waals surface area contributed by atoms with Gasteiger partial charge in [0.25, 0.3) is 0 Å². The van der Waals surface area contributed by atoms with Crippen LogP contribution in [-0.4, -0.2) is 38.9 Å². The summed E-state index contributed by atoms with van der Waals surface area (Å²) in [6.07, 6.45) is 7.98. The molecule has 0 aliphatic heterocycles. The minimum absolute atomic E-state index is 0.0559. The van der Waals surface area contributed by atoms with Gasteiger partial charge in [-0.1, -0.05) is 26.2 Å². The summed E-state index contributed by atoms with van der Waals surface area (Å²) in [6.45, 7) is 5.60. The van der Waals surface area contributed by atoms with Crippen molar-refractivity contribution in [2.45, 2.75) is 51.9 Å². The van der Waals surface area contributed by atoms with Crippen LogP contribution in [0.4, 0.5) is 0 Å². The molecular weight excluding hydrogens is 242 g/mol. The third-order valence-electron chi connectivity index (χ3n) is 3.52. The molecule has 1 aliphatic carbocycles. The third kappa shape index (κ3) is 9.00. The normalized spacial score (nSPS) is 16.5. The molecule has 0 radical (unpaired) electrons. The molecule has 4 nitrogen and oxygen atoms in total. The van der Waals surface area contributed by atoms with E-state index in [1.165, 1.54) is 32.1 Å². The van der Waals surface area contributed by atoms with Crippen LogP contribution >= 0.6 is 0 Å². The zero-order valence-corrected chi connectivity index (χ0v) is 12.3. The number of ether oxygens (including phenoxy) is 2. The van der Waals surface area contributed by atoms with E-state index >= 15 is 0 Å². The number of carbonyl (C=O) groups excluding carboxylic acids is 1. The van der Waals surface area contributed by atoms with Crippen LogP contribution in [0.5, 0.6) is 0 Å². The van der Waals surface area contributed by atoms with Gasteiger partial charge in [-0.2, -0.15) is 0 Å². The van der Waals surface area contributed by atoms with Crippen molar-refractivity contribution >= 4 is 5.97 Å². The Morgan fingerprint density at radius 3 is 2.63 bits per heavy atom. The molecule has 19 heavy (non-hydrogen) atoms. The maximum absolute atomic E-state index is 11.6. The fourth-order valence-corrected chi connectivity index (χ4v) is 2.45. The maximum Gasteiger partial charge on any atom is 0.306 e. The van der Waals surface area contributed by atoms with Crippen molar-refractivity contribution in [1.82, 2.24) is 5.32 Å². The van der Waals surface area contributed by atoms with Crippen molar-refractivity contribution in [3.05, 3.63) is 0 Å². The summed E-state index contributed by atoms with van der Waals surface area (Å²) in [4.78, 5) is 11.6. The van der Waals surface area contributed by atoms with Gasteiger partial charge in [-0.15, -0.1) is 0 Å². The molecule has 1 saturated carbocycles. The third-order valence-corrected chi connectivity index (χ3v) is 3.52. The monoisotopic (exact) mass is 271 g/mol. The number of nitrogens with one attached hydrogen (secondary N) is 1. The first-order chi connectivity index (χ1) is 9.33. The predicted molar refractivity (Wildman–Crippen MR) is 76.1 cm³/mol. The van der Waals surface area contributed by atoms with Crippen LogP contribution < -0.4 is 5.32 Å². The molecule has 0 unspecified atom stereocenters. The molecule has 0 aromatic rings. The van der Waals surface area contributed by atoms with E-state index in [1.54, 1.807) is 0 Å². The van der Waals surface area contributed by atoms with Crippen LogP contribution in [-0.2, 0) is 14.3 Å². The molecular formula is C15H29NO3. The maximum atomic E-state index is 11.6. The number of rotatable bonds is 10. The van der Waals surface area contributed by atoms with Gasteiger partial charge < -0.3 is 14.8 Å². The molecule has 0 bridgehead atoms. The van der Waals surface area contributed by atoms with E-state index in [4.69, 9.17) is 9.47 Å². The largest absolute Gasteiger partial charge is 0.463 e. The van der Waals surface area contributed by atoms with Crippen LogP contribution in [0.2, 0.25) is 0 Å². The standard InChI is InChI=1S/C15H29NO3/c1-2-8-16-9-10-18-11-12-19-15(17)13-14-6-4-3-5-7-14/h14,16H,2-13H2,1H3. The summed E-state index contributed by atoms with van der Waals surface area (Å²) in [5, 5.41) is 3.26. The number of hydrogen-bond acceptors (Lipinski definition) is 4. The molecule has 0 heterocycles. The Balaban J connectivity index is 1.87. The Labute approximate surface area is 117 Å². The fourth-order valence-electron chi connectivity index (χ4n) is 2.45. The Kier molecular flexibility index (Phi) is 9.72. The van der Waals surface area contributed by atoms with Gasteiger partial charge in [0, 0.05) is 13.0 Å². The van der Waals surface area contributed by atoms with Crippen molar-refractivity contribution in [2.75, 3.05) is 32.9 Å². The highest BCUT2D eigenvalue weighted by molar-refractivity contribution is 5.69. The van der Waals surface area contributed by atoms with Gasteiger partial charge in [-0.3, -0.25) is 4.79 Å². The lowest BCUT2D eigenvalue weighted by Gasteiger charge is -2.20. The van der Waals surface area contributed by atoms with E-state index in [0.29, 0.717) is 32.2 Å². The van der Waals surface area contributed by atoms with Crippen molar-refractivity contribution in [3.63, 3.8) is 0 Å². The topological polar surface area (TPSA) is 47.6 Å². The Hall–Kier alpha value is -0.610. The lowest BCUT2D eigenvalue weighted by molar-refractivity contribution is -0.146. The summed E-state index contributed by atoms with van der Waals surface area (Å²) < 4.78 is 10.6. The van der Waals surface area contributed by atoms with E-state index in [0.717, 1.165) is 19.5 Å². The highest BCUT2D eigenvalue weighted by atomic mass is 16.6. The van der Waals surface area contributed by atoms with E-state index < -0.39 is 0 Å². The molecule has 0 aromatic heterocycles. The van der Waals surface area contributed by atoms with Crippen LogP contribution in [0.3, 0.4) is 0 Å². The summed E-state index contributed by atoms with van der Waals surface area (Å²) in [7, 11) is 0. The first kappa shape index (κ1) is 16.4. The van der Waals surface area contributed by atoms with Gasteiger partial charge in [0.15, 0.2) is 0 Å². The molecule has 1 N–H and O–H groups in total. The molecule has 112 valence electrons. The van der Waals surface area contributed by atoms with Crippen molar-refractivity contribution in [1.29, 1.82) is 0 Å². The molecule has 4 heteroatoms. The fraction of sp³-hybridized carbons (Fsp3) is 0.933. The van der Waals surface area contributed by atoms with Gasteiger partial charge in [-0.25, -0.2) is 0 Å². The molecule has 0 amide bonds. The SMILES string of the molecule is CCCNCCOCCOC(=O)CC1CCCCC1. The van der Waals surface area contributed by atoms with Crippen molar-refractivity contribution in [3.8, 4) is 0 Å². The van der Waals surface area contributed by atoms with Crippen LogP contribution in [0.1, 0.15) is 51.9 Å². The summed E-state index contributed by atoms with van der Waals surface area (Å²) >= 11 is 0. The van der Waals surface area contributed by atoms with E-state index in [-0.39, 0.29) is 5.97 Å². The first-order valence-corrected chi connectivity index (χ1v) is 7.77. The summed E-state index contributed by atoms with van der Waals surface area (Å²) in [5.74, 6) is 0.500. The number of hydrogen-bond donors (Lipinski definition) is 1. The quantitative estimate of drug-likeness (QED) is 0.490. The predicted octanol–water partition coefficient (Wildman–Crippen LogP) is 2.52. The Morgan fingerprint density at radius 2 is 1.89 bits per heavy atom. The molecule has 0 aromatic carbocycles. The zero-order valence-electron chi connectivity index (χ0n) is 12.3. The lowest BCUT2D eigenvalue weighted by Crippen LogP contribution is -2.22. The van der Waals surface area contributed by atoms with Crippen molar-refractivity contribution < 1.29 is 14.3 Å². The first-order valence-electron chi connectivity index (χ1n) is 7.77. The summed E-state index contributed by atoms with van der Waals surface area (Å²) in [6, 6.07) is 0. The summed E-state index contributed by atoms with van der Waals surface area (Å²) in [5.41, 5.74) is 0. The van der Waals surface area contributed by atoms with Gasteiger partial charge in [0.2, 0.25) is 0 Å². The lowest BCUT2D eigenvalue weighted by atomic mass is 9.87. The van der Waals surface area contributed by atoms with Crippen molar-refractivity contribution in [2.24, 2.45) is 5.92 Å². The average molecular weight is 271 g/mol. The van der Waals surface area contributed by atoms with E-state index in [2.05, 4.69) is 12.2 Å². The molecule has 1 fully saturated rings. The second-order valence-corrected chi connectivity index (χ2v) is 5.29. The minimum atomic E-state index is -0.0559. The average Bonchev–Trinajstić information content (AvgIpc) is 2.43. The molecule has 1 aliphatic rings. The van der Waals surface area contributed by atoms with Gasteiger partial charge in [0.1, 0.15) is 6.61 Å². The highest BCUT2D eigenvalue weighted by Crippen LogP contribution is 2.26. The van der Waals surface area contributed by atoms with Gasteiger partial charge >= 0.3 is 5.97 Å². The molecule has 0 saturated heterocycles. The second-order valence-electron chi connectivity index (χ2n) is 5.29. The number of carbonyl (C=O) groups is 1. The zero-order chi connectivity index (χ0) is 13.8. The van der Waals surface area contributed by atoms with Gasteiger partial charge in [-0.05, 0) is 31.7 Å². The molecule has 1 rings (SSSR count). The van der Waals surface area contributed by atoms with E-state index in [9.17, 15) is 4.79 Å². The van der Waals surface area contributed by atoms with Crippen LogP contribution in [0, 0.1) is 5.92 Å². The minimum Gasteiger partial charge on any atom is -0.463 e. The van der Waals surface area contributed by atoms with Crippen LogP contribution in [0.15, 0.2) is 0 Å². The number of esters is 1. The van der Waals surface area contributed by atoms with E-state index in [1.807, 2.05) is 0 Å². The highest BCUT2D eigenvalue weighted by Gasteiger charge is 2.17. The second kappa shape index (κ2) is 11.2. The Bertz CT molecular complexity index is 227. The molecule has 0 atom stereocenters. The smallest absolute Gasteiger partial charge is 0.306 e. The van der Waals surface area contributed by atoms with Gasteiger partial charge in [0.05, 0.1) is 13.2 Å². The Morgan fingerprint density at radius 1 is 1.11 bits per heavy atom.